The van der Waals surface area contributed by atoms with Crippen molar-refractivity contribution < 1.29 is 14.2 Å². The van der Waals surface area contributed by atoms with E-state index in [1.807, 2.05) is 0 Å². The van der Waals surface area contributed by atoms with Crippen LogP contribution >= 0.6 is 0 Å². The largest absolute Gasteiger partial charge is 0.378 e. The van der Waals surface area contributed by atoms with Crippen LogP contribution in [0, 0.1) is 12.8 Å². The molecule has 2 aliphatic heterocycles. The molecule has 0 saturated carbocycles. The summed E-state index contributed by atoms with van der Waals surface area (Å²) in [6.45, 7) is 10.3. The van der Waals surface area contributed by atoms with Gasteiger partial charge in [0.15, 0.2) is 0 Å². The van der Waals surface area contributed by atoms with Crippen molar-refractivity contribution in [1.29, 1.82) is 0 Å². The lowest BCUT2D eigenvalue weighted by Gasteiger charge is -2.31. The van der Waals surface area contributed by atoms with Gasteiger partial charge >= 0.3 is 0 Å². The fourth-order valence-corrected chi connectivity index (χ4v) is 2.38. The standard InChI is InChI=1S/C13H22O3/c1-10-3-5-15-13(7-10)9-16-12-4-6-14-11(2)8-12/h2,10-13H,3-9H2,1H3. The second-order valence-corrected chi connectivity index (χ2v) is 5.01. The molecule has 0 aromatic carbocycles. The summed E-state index contributed by atoms with van der Waals surface area (Å²) in [5, 5.41) is 0. The molecule has 2 aliphatic rings. The van der Waals surface area contributed by atoms with E-state index in [-0.39, 0.29) is 18.3 Å². The quantitative estimate of drug-likeness (QED) is 0.737. The van der Waals surface area contributed by atoms with Gasteiger partial charge in [-0.3, -0.25) is 0 Å². The molecule has 3 nitrogen and oxygen atoms in total. The van der Waals surface area contributed by atoms with E-state index >= 15 is 0 Å². The summed E-state index contributed by atoms with van der Waals surface area (Å²) < 4.78 is 16.8. The Bertz CT molecular complexity index is 185. The summed E-state index contributed by atoms with van der Waals surface area (Å²) in [5.41, 5.74) is 0. The second kappa shape index (κ2) is 5.99. The Balaban J connectivity index is 1.66. The first kappa shape index (κ1) is 12.3. The van der Waals surface area contributed by atoms with Gasteiger partial charge < -0.3 is 14.2 Å². The zero-order valence-corrected chi connectivity index (χ0v) is 10.1. The van der Waals surface area contributed by atoms with Gasteiger partial charge in [-0.25, -0.2) is 0 Å². The molecule has 4 unspecified atom stereocenters. The number of ether oxygens (including phenoxy) is 3. The maximum absolute atomic E-state index is 5.86. The second-order valence-electron chi connectivity index (χ2n) is 5.01. The predicted octanol–water partition coefficient (Wildman–Crippen LogP) is 2.08. The number of hydrogen-bond acceptors (Lipinski definition) is 3. The van der Waals surface area contributed by atoms with Gasteiger partial charge in [-0.15, -0.1) is 0 Å². The van der Waals surface area contributed by atoms with Crippen molar-refractivity contribution in [3.8, 4) is 0 Å². The minimum atomic E-state index is -0.148. The van der Waals surface area contributed by atoms with Crippen LogP contribution in [0.4, 0.5) is 0 Å². The maximum atomic E-state index is 5.86. The Kier molecular flexibility index (Phi) is 4.62. The molecule has 0 aromatic heterocycles. The van der Waals surface area contributed by atoms with Crippen LogP contribution in [0.15, 0.2) is 0 Å². The van der Waals surface area contributed by atoms with Crippen LogP contribution in [-0.4, -0.2) is 38.1 Å². The fraction of sp³-hybridized carbons (Fsp3) is 0.923. The molecule has 2 heterocycles. The highest BCUT2D eigenvalue weighted by molar-refractivity contribution is 4.75. The van der Waals surface area contributed by atoms with E-state index in [1.165, 1.54) is 6.42 Å². The molecule has 4 atom stereocenters. The minimum absolute atomic E-state index is 0.148. The molecule has 3 heteroatoms. The van der Waals surface area contributed by atoms with Crippen molar-refractivity contribution in [2.45, 2.75) is 50.9 Å². The average molecular weight is 226 g/mol. The molecule has 0 aromatic rings. The number of rotatable bonds is 3. The molecule has 2 rings (SSSR count). The Morgan fingerprint density at radius 2 is 2.00 bits per heavy atom. The number of hydrogen-bond donors (Lipinski definition) is 0. The highest BCUT2D eigenvalue weighted by Gasteiger charge is 2.24. The first-order valence-electron chi connectivity index (χ1n) is 6.34. The zero-order valence-electron chi connectivity index (χ0n) is 10.1. The van der Waals surface area contributed by atoms with Gasteiger partial charge in [-0.1, -0.05) is 6.92 Å². The van der Waals surface area contributed by atoms with E-state index in [4.69, 9.17) is 21.1 Å². The van der Waals surface area contributed by atoms with E-state index in [0.717, 1.165) is 31.8 Å². The monoisotopic (exact) mass is 226 g/mol. The Hall–Kier alpha value is -0.120. The summed E-state index contributed by atoms with van der Waals surface area (Å²) in [7, 11) is 0. The Labute approximate surface area is 98.4 Å². The molecule has 16 heavy (non-hydrogen) atoms. The first-order valence-corrected chi connectivity index (χ1v) is 6.34. The summed E-state index contributed by atoms with van der Waals surface area (Å²) in [6.07, 6.45) is 4.45. The third kappa shape index (κ3) is 3.72. The molecule has 0 amide bonds. The average Bonchev–Trinajstić information content (AvgIpc) is 2.27. The summed E-state index contributed by atoms with van der Waals surface area (Å²) in [4.78, 5) is 0. The topological polar surface area (TPSA) is 27.7 Å². The van der Waals surface area contributed by atoms with E-state index in [1.54, 1.807) is 0 Å². The van der Waals surface area contributed by atoms with Crippen LogP contribution in [0.5, 0.6) is 0 Å². The van der Waals surface area contributed by atoms with E-state index < -0.39 is 0 Å². The van der Waals surface area contributed by atoms with Crippen LogP contribution in [0.2, 0.25) is 0 Å². The molecule has 0 bridgehead atoms. The van der Waals surface area contributed by atoms with Crippen molar-refractivity contribution in [2.24, 2.45) is 5.92 Å². The van der Waals surface area contributed by atoms with Gasteiger partial charge in [0, 0.05) is 19.6 Å². The lowest BCUT2D eigenvalue weighted by atomic mass is 9.98. The summed E-state index contributed by atoms with van der Waals surface area (Å²) in [5.74, 6) is 0.763. The van der Waals surface area contributed by atoms with Crippen molar-refractivity contribution >= 4 is 0 Å². The molecule has 0 spiro atoms. The maximum Gasteiger partial charge on any atom is 0.0811 e. The highest BCUT2D eigenvalue weighted by atomic mass is 16.5. The third-order valence-electron chi connectivity index (χ3n) is 3.41. The third-order valence-corrected chi connectivity index (χ3v) is 3.41. The molecular formula is C13H22O3. The first-order chi connectivity index (χ1) is 7.74. The normalized spacial score (nSPS) is 40.9. The van der Waals surface area contributed by atoms with E-state index in [2.05, 4.69) is 6.92 Å². The highest BCUT2D eigenvalue weighted by Crippen LogP contribution is 2.22. The molecule has 2 saturated heterocycles. The SMILES string of the molecule is [CH]C1CC(OCC2CC(C)CCO2)CCO1. The van der Waals surface area contributed by atoms with Crippen LogP contribution in [0.1, 0.15) is 32.6 Å². The van der Waals surface area contributed by atoms with Crippen molar-refractivity contribution in [1.82, 2.24) is 0 Å². The van der Waals surface area contributed by atoms with Crippen molar-refractivity contribution in [3.05, 3.63) is 6.92 Å². The Morgan fingerprint density at radius 3 is 2.75 bits per heavy atom. The summed E-state index contributed by atoms with van der Waals surface area (Å²) >= 11 is 0. The van der Waals surface area contributed by atoms with Gasteiger partial charge in [0.2, 0.25) is 0 Å². The van der Waals surface area contributed by atoms with Crippen molar-refractivity contribution in [2.75, 3.05) is 19.8 Å². The van der Waals surface area contributed by atoms with Crippen molar-refractivity contribution in [3.63, 3.8) is 0 Å². The predicted molar refractivity (Wildman–Crippen MR) is 61.2 cm³/mol. The van der Waals surface area contributed by atoms with Gasteiger partial charge in [-0.05, 0) is 32.1 Å². The van der Waals surface area contributed by atoms with Crippen LogP contribution in [0.3, 0.4) is 0 Å². The van der Waals surface area contributed by atoms with E-state index in [0.29, 0.717) is 13.2 Å². The zero-order chi connectivity index (χ0) is 11.4. The van der Waals surface area contributed by atoms with Gasteiger partial charge in [0.1, 0.15) is 0 Å². The van der Waals surface area contributed by atoms with Gasteiger partial charge in [0.25, 0.3) is 0 Å². The molecule has 0 aliphatic carbocycles. The van der Waals surface area contributed by atoms with E-state index in [9.17, 15) is 0 Å². The molecule has 2 radical (unpaired) electrons. The summed E-state index contributed by atoms with van der Waals surface area (Å²) in [6, 6.07) is 0. The van der Waals surface area contributed by atoms with Crippen LogP contribution in [0.25, 0.3) is 0 Å². The molecular weight excluding hydrogens is 204 g/mol. The van der Waals surface area contributed by atoms with Crippen LogP contribution in [-0.2, 0) is 14.2 Å². The minimum Gasteiger partial charge on any atom is -0.378 e. The van der Waals surface area contributed by atoms with Crippen LogP contribution < -0.4 is 0 Å². The fourth-order valence-electron chi connectivity index (χ4n) is 2.38. The Morgan fingerprint density at radius 1 is 1.19 bits per heavy atom. The van der Waals surface area contributed by atoms with Gasteiger partial charge in [-0.2, -0.15) is 0 Å². The van der Waals surface area contributed by atoms with Gasteiger partial charge in [0.05, 0.1) is 24.9 Å². The molecule has 2 fully saturated rings. The lowest BCUT2D eigenvalue weighted by Crippen LogP contribution is -2.34. The smallest absolute Gasteiger partial charge is 0.0811 e. The molecule has 92 valence electrons. The molecule has 0 N–H and O–H groups in total. The lowest BCUT2D eigenvalue weighted by molar-refractivity contribution is -0.104.